The second kappa shape index (κ2) is 7.04. The number of anilines is 2. The minimum atomic E-state index is -0.140. The highest BCUT2D eigenvalue weighted by Crippen LogP contribution is 2.20. The van der Waals surface area contributed by atoms with Crippen LogP contribution in [0, 0.1) is 0 Å². The first kappa shape index (κ1) is 17.1. The van der Waals surface area contributed by atoms with E-state index in [1.165, 1.54) is 0 Å². The molecule has 1 saturated heterocycles. The Bertz CT molecular complexity index is 703. The number of rotatable bonds is 2. The number of nitrogens with zero attached hydrogens (tertiary/aromatic N) is 5. The van der Waals surface area contributed by atoms with Gasteiger partial charge in [-0.15, -0.1) is 5.10 Å². The van der Waals surface area contributed by atoms with E-state index in [0.717, 1.165) is 24.6 Å². The molecule has 2 amide bonds. The summed E-state index contributed by atoms with van der Waals surface area (Å²) in [6.07, 6.45) is 1.79. The number of carbonyl (C=O) groups is 1. The first-order valence-electron chi connectivity index (χ1n) is 8.49. The molecule has 1 fully saturated rings. The molecule has 0 saturated carbocycles. The van der Waals surface area contributed by atoms with E-state index in [2.05, 4.69) is 46.2 Å². The summed E-state index contributed by atoms with van der Waals surface area (Å²) in [5, 5.41) is 11.1. The van der Waals surface area contributed by atoms with Gasteiger partial charge in [0.1, 0.15) is 5.82 Å². The van der Waals surface area contributed by atoms with Crippen LogP contribution in [0.15, 0.2) is 36.5 Å². The van der Waals surface area contributed by atoms with E-state index in [9.17, 15) is 4.79 Å². The molecule has 3 rings (SSSR count). The number of hydrogen-bond acceptors (Lipinski definition) is 5. The van der Waals surface area contributed by atoms with Crippen LogP contribution in [0.3, 0.4) is 0 Å². The molecule has 25 heavy (non-hydrogen) atoms. The number of aromatic nitrogens is 3. The Morgan fingerprint density at radius 3 is 2.36 bits per heavy atom. The summed E-state index contributed by atoms with van der Waals surface area (Å²) in [5.41, 5.74) is 0.839. The number of carbonyl (C=O) groups excluding carboxylic acids is 1. The van der Waals surface area contributed by atoms with Crippen molar-refractivity contribution in [1.29, 1.82) is 0 Å². The van der Waals surface area contributed by atoms with Gasteiger partial charge in [-0.3, -0.25) is 5.32 Å². The van der Waals surface area contributed by atoms with Crippen LogP contribution in [0.2, 0.25) is 0 Å². The van der Waals surface area contributed by atoms with Gasteiger partial charge in [-0.1, -0.05) is 26.8 Å². The Morgan fingerprint density at radius 2 is 1.80 bits per heavy atom. The predicted octanol–water partition coefficient (Wildman–Crippen LogP) is 2.52. The van der Waals surface area contributed by atoms with Crippen molar-refractivity contribution in [3.63, 3.8) is 0 Å². The van der Waals surface area contributed by atoms with E-state index in [4.69, 9.17) is 0 Å². The van der Waals surface area contributed by atoms with Crippen molar-refractivity contribution < 1.29 is 4.79 Å². The Hall–Kier alpha value is -2.70. The van der Waals surface area contributed by atoms with Crippen molar-refractivity contribution in [2.24, 2.45) is 0 Å². The average Bonchev–Trinajstić information content (AvgIpc) is 2.62. The zero-order chi connectivity index (χ0) is 17.9. The summed E-state index contributed by atoms with van der Waals surface area (Å²) in [6, 6.07) is 9.43. The highest BCUT2D eigenvalue weighted by molar-refractivity contribution is 5.88. The van der Waals surface area contributed by atoms with Gasteiger partial charge in [-0.05, 0) is 24.3 Å². The van der Waals surface area contributed by atoms with Crippen molar-refractivity contribution in [2.75, 3.05) is 36.4 Å². The second-order valence-corrected chi connectivity index (χ2v) is 7.15. The van der Waals surface area contributed by atoms with E-state index < -0.39 is 0 Å². The van der Waals surface area contributed by atoms with Crippen LogP contribution in [-0.4, -0.2) is 52.3 Å². The van der Waals surface area contributed by atoms with Gasteiger partial charge in [-0.2, -0.15) is 5.10 Å². The van der Waals surface area contributed by atoms with Gasteiger partial charge in [0.25, 0.3) is 0 Å². The molecule has 132 valence electrons. The van der Waals surface area contributed by atoms with Crippen molar-refractivity contribution >= 4 is 17.7 Å². The minimum absolute atomic E-state index is 0.0582. The molecule has 0 unspecified atom stereocenters. The van der Waals surface area contributed by atoms with Gasteiger partial charge in [0.15, 0.2) is 5.82 Å². The molecule has 1 aliphatic heterocycles. The molecule has 0 bridgehead atoms. The van der Waals surface area contributed by atoms with E-state index in [-0.39, 0.29) is 11.4 Å². The molecule has 1 N–H and O–H groups in total. The van der Waals surface area contributed by atoms with Crippen molar-refractivity contribution in [2.45, 2.75) is 26.2 Å². The smallest absolute Gasteiger partial charge is 0.323 e. The summed E-state index contributed by atoms with van der Waals surface area (Å²) < 4.78 is 0. The topological polar surface area (TPSA) is 74.2 Å². The summed E-state index contributed by atoms with van der Waals surface area (Å²) in [4.78, 5) is 20.7. The van der Waals surface area contributed by atoms with Crippen molar-refractivity contribution in [3.8, 4) is 0 Å². The third-order valence-electron chi connectivity index (χ3n) is 4.21. The Kier molecular flexibility index (Phi) is 4.83. The maximum atomic E-state index is 12.4. The molecule has 1 aliphatic rings. The van der Waals surface area contributed by atoms with Crippen LogP contribution in [0.5, 0.6) is 0 Å². The summed E-state index contributed by atoms with van der Waals surface area (Å²) in [7, 11) is 0. The van der Waals surface area contributed by atoms with Gasteiger partial charge in [-0.25, -0.2) is 9.78 Å². The maximum Gasteiger partial charge on any atom is 0.323 e. The highest BCUT2D eigenvalue weighted by Gasteiger charge is 2.22. The quantitative estimate of drug-likeness (QED) is 0.909. The number of amides is 2. The SMILES string of the molecule is CC(C)(C)c1ccc(NC(=O)N2CCN(c3ccccn3)CC2)nn1. The molecule has 7 heteroatoms. The van der Waals surface area contributed by atoms with Gasteiger partial charge in [0.05, 0.1) is 5.69 Å². The third kappa shape index (κ3) is 4.23. The predicted molar refractivity (Wildman–Crippen MR) is 97.8 cm³/mol. The normalized spacial score (nSPS) is 15.2. The van der Waals surface area contributed by atoms with E-state index in [1.807, 2.05) is 24.3 Å². The lowest BCUT2D eigenvalue weighted by Gasteiger charge is -2.35. The Balaban J connectivity index is 1.54. The monoisotopic (exact) mass is 340 g/mol. The lowest BCUT2D eigenvalue weighted by molar-refractivity contribution is 0.208. The molecular weight excluding hydrogens is 316 g/mol. The molecule has 2 aromatic heterocycles. The molecule has 3 heterocycles. The number of urea groups is 1. The fraction of sp³-hybridized carbons (Fsp3) is 0.444. The largest absolute Gasteiger partial charge is 0.353 e. The van der Waals surface area contributed by atoms with Crippen molar-refractivity contribution in [3.05, 3.63) is 42.2 Å². The number of hydrogen-bond donors (Lipinski definition) is 1. The average molecular weight is 340 g/mol. The van der Waals surface area contributed by atoms with Gasteiger partial charge < -0.3 is 9.80 Å². The Labute approximate surface area is 148 Å². The molecule has 2 aromatic rings. The fourth-order valence-electron chi connectivity index (χ4n) is 2.67. The first-order valence-corrected chi connectivity index (χ1v) is 8.49. The summed E-state index contributed by atoms with van der Waals surface area (Å²) >= 11 is 0. The number of nitrogens with one attached hydrogen (secondary N) is 1. The summed E-state index contributed by atoms with van der Waals surface area (Å²) in [5.74, 6) is 1.43. The molecule has 0 aliphatic carbocycles. The highest BCUT2D eigenvalue weighted by atomic mass is 16.2. The van der Waals surface area contributed by atoms with Crippen LogP contribution < -0.4 is 10.2 Å². The number of piperazine rings is 1. The van der Waals surface area contributed by atoms with E-state index in [0.29, 0.717) is 18.9 Å². The van der Waals surface area contributed by atoms with Gasteiger partial charge >= 0.3 is 6.03 Å². The van der Waals surface area contributed by atoms with Crippen LogP contribution in [-0.2, 0) is 5.41 Å². The minimum Gasteiger partial charge on any atom is -0.353 e. The zero-order valence-electron chi connectivity index (χ0n) is 14.9. The lowest BCUT2D eigenvalue weighted by Crippen LogP contribution is -2.50. The number of pyridine rings is 1. The zero-order valence-corrected chi connectivity index (χ0v) is 14.9. The van der Waals surface area contributed by atoms with Crippen LogP contribution in [0.1, 0.15) is 26.5 Å². The summed E-state index contributed by atoms with van der Waals surface area (Å²) in [6.45, 7) is 9.06. The molecule has 0 atom stereocenters. The lowest BCUT2D eigenvalue weighted by atomic mass is 9.92. The molecular formula is C18H24N6O. The molecule has 0 aromatic carbocycles. The van der Waals surface area contributed by atoms with Crippen LogP contribution in [0.4, 0.5) is 16.4 Å². The van der Waals surface area contributed by atoms with E-state index >= 15 is 0 Å². The third-order valence-corrected chi connectivity index (χ3v) is 4.21. The molecule has 0 radical (unpaired) electrons. The van der Waals surface area contributed by atoms with Gasteiger partial charge in [0, 0.05) is 37.8 Å². The molecule has 7 nitrogen and oxygen atoms in total. The first-order chi connectivity index (χ1) is 11.9. The fourth-order valence-corrected chi connectivity index (χ4v) is 2.67. The standard InChI is InChI=1S/C18H24N6O/c1-18(2,3)14-7-8-15(22-21-14)20-17(25)24-12-10-23(11-13-24)16-6-4-5-9-19-16/h4-9H,10-13H2,1-3H3,(H,20,22,25). The van der Waals surface area contributed by atoms with Crippen molar-refractivity contribution in [1.82, 2.24) is 20.1 Å². The van der Waals surface area contributed by atoms with E-state index in [1.54, 1.807) is 17.2 Å². The van der Waals surface area contributed by atoms with Gasteiger partial charge in [0.2, 0.25) is 0 Å². The Morgan fingerprint density at radius 1 is 1.04 bits per heavy atom. The van der Waals surface area contributed by atoms with Crippen LogP contribution in [0.25, 0.3) is 0 Å². The molecule has 0 spiro atoms. The second-order valence-electron chi connectivity index (χ2n) is 7.15. The maximum absolute atomic E-state index is 12.4. The van der Waals surface area contributed by atoms with Crippen LogP contribution >= 0.6 is 0 Å².